The molecule has 0 aliphatic carbocycles. The Labute approximate surface area is 126 Å². The van der Waals surface area contributed by atoms with Crippen LogP contribution in [0.5, 0.6) is 5.88 Å². The molecule has 3 N–H and O–H groups in total. The van der Waals surface area contributed by atoms with E-state index in [2.05, 4.69) is 38.1 Å². The summed E-state index contributed by atoms with van der Waals surface area (Å²) in [6.07, 6.45) is 1.87. The van der Waals surface area contributed by atoms with Crippen LogP contribution in [-0.4, -0.2) is 28.8 Å². The van der Waals surface area contributed by atoms with Crippen LogP contribution >= 0.6 is 0 Å². The first-order valence-electron chi connectivity index (χ1n) is 7.59. The van der Waals surface area contributed by atoms with Crippen LogP contribution in [0.25, 0.3) is 5.52 Å². The highest BCUT2D eigenvalue weighted by Gasteiger charge is 2.16. The zero-order chi connectivity index (χ0) is 15.4. The van der Waals surface area contributed by atoms with Crippen molar-refractivity contribution >= 4 is 11.2 Å². The first kappa shape index (κ1) is 15.6. The molecule has 5 heteroatoms. The Morgan fingerprint density at radius 2 is 1.95 bits per heavy atom. The summed E-state index contributed by atoms with van der Waals surface area (Å²) in [5.74, 6) is 1.71. The largest absolute Gasteiger partial charge is 0.474 e. The van der Waals surface area contributed by atoms with Gasteiger partial charge in [-0.3, -0.25) is 0 Å². The van der Waals surface area contributed by atoms with Gasteiger partial charge in [0.1, 0.15) is 12.3 Å². The number of aromatic nitrogens is 2. The molecule has 0 unspecified atom stereocenters. The summed E-state index contributed by atoms with van der Waals surface area (Å²) in [7, 11) is 0. The minimum absolute atomic E-state index is 0.493. The van der Waals surface area contributed by atoms with Gasteiger partial charge in [0.25, 0.3) is 5.88 Å². The molecule has 0 aliphatic heterocycles. The van der Waals surface area contributed by atoms with Crippen LogP contribution in [0.3, 0.4) is 0 Å². The number of anilines is 1. The molecule has 0 bridgehead atoms. The summed E-state index contributed by atoms with van der Waals surface area (Å²) in [5.41, 5.74) is 7.52. The summed E-state index contributed by atoms with van der Waals surface area (Å²) in [6.45, 7) is 10.3. The molecule has 0 aliphatic rings. The third kappa shape index (κ3) is 3.67. The van der Waals surface area contributed by atoms with E-state index in [9.17, 15) is 0 Å². The molecule has 0 saturated heterocycles. The number of ether oxygens (including phenoxy) is 1. The van der Waals surface area contributed by atoms with Crippen LogP contribution in [0, 0.1) is 11.8 Å². The van der Waals surface area contributed by atoms with E-state index < -0.39 is 0 Å². The van der Waals surface area contributed by atoms with Gasteiger partial charge in [-0.2, -0.15) is 0 Å². The van der Waals surface area contributed by atoms with Crippen LogP contribution in [0.2, 0.25) is 0 Å². The third-order valence-corrected chi connectivity index (χ3v) is 3.70. The molecular weight excluding hydrogens is 264 g/mol. The first-order valence-corrected chi connectivity index (χ1v) is 7.59. The predicted octanol–water partition coefficient (Wildman–Crippen LogP) is 2.57. The Morgan fingerprint density at radius 1 is 1.24 bits per heavy atom. The van der Waals surface area contributed by atoms with Crippen molar-refractivity contribution in [3.8, 4) is 5.88 Å². The molecule has 0 fully saturated rings. The highest BCUT2D eigenvalue weighted by atomic mass is 16.5. The fraction of sp³-hybridized carbons (Fsp3) is 0.562. The number of nitrogen functional groups attached to an aromatic ring is 1. The second-order valence-corrected chi connectivity index (χ2v) is 6.07. The molecule has 2 heterocycles. The smallest absolute Gasteiger partial charge is 0.257 e. The molecule has 0 atom stereocenters. The second kappa shape index (κ2) is 6.80. The molecule has 0 radical (unpaired) electrons. The molecule has 2 aromatic heterocycles. The fourth-order valence-corrected chi connectivity index (χ4v) is 2.72. The van der Waals surface area contributed by atoms with Gasteiger partial charge in [0.15, 0.2) is 0 Å². The number of nitrogens with zero attached hydrogens (tertiary/aromatic N) is 2. The molecule has 5 nitrogen and oxygen atoms in total. The van der Waals surface area contributed by atoms with Gasteiger partial charge in [-0.05, 0) is 24.0 Å². The van der Waals surface area contributed by atoms with Crippen LogP contribution in [0.15, 0.2) is 24.4 Å². The molecule has 2 rings (SSSR count). The van der Waals surface area contributed by atoms with Crippen molar-refractivity contribution in [3.63, 3.8) is 0 Å². The quantitative estimate of drug-likeness (QED) is 0.769. The van der Waals surface area contributed by atoms with E-state index in [1.165, 1.54) is 0 Å². The maximum Gasteiger partial charge on any atom is 0.257 e. The zero-order valence-corrected chi connectivity index (χ0v) is 13.3. The van der Waals surface area contributed by atoms with Gasteiger partial charge in [0.2, 0.25) is 0 Å². The second-order valence-electron chi connectivity index (χ2n) is 6.07. The van der Waals surface area contributed by atoms with Gasteiger partial charge >= 0.3 is 0 Å². The number of rotatable bonds is 7. The van der Waals surface area contributed by atoms with Crippen molar-refractivity contribution in [1.82, 2.24) is 14.9 Å². The molecule has 116 valence electrons. The van der Waals surface area contributed by atoms with Crippen LogP contribution in [0.1, 0.15) is 27.7 Å². The van der Waals surface area contributed by atoms with E-state index in [-0.39, 0.29) is 0 Å². The van der Waals surface area contributed by atoms with E-state index >= 15 is 0 Å². The monoisotopic (exact) mass is 290 g/mol. The number of pyridine rings is 1. The SMILES string of the molecule is CC(C)C(NCCOc1nn2ccccc2c1N)C(C)C. The lowest BCUT2D eigenvalue weighted by atomic mass is 9.93. The Morgan fingerprint density at radius 3 is 2.57 bits per heavy atom. The summed E-state index contributed by atoms with van der Waals surface area (Å²) in [5, 5.41) is 7.88. The highest BCUT2D eigenvalue weighted by molar-refractivity contribution is 5.74. The molecular formula is C16H26N4O. The van der Waals surface area contributed by atoms with Crippen LogP contribution in [-0.2, 0) is 0 Å². The maximum atomic E-state index is 6.05. The van der Waals surface area contributed by atoms with Gasteiger partial charge in [0, 0.05) is 18.8 Å². The maximum absolute atomic E-state index is 6.05. The minimum atomic E-state index is 0.493. The van der Waals surface area contributed by atoms with E-state index in [0.29, 0.717) is 36.1 Å². The highest BCUT2D eigenvalue weighted by Crippen LogP contribution is 2.24. The standard InChI is InChI=1S/C16H26N4O/c1-11(2)15(12(3)4)18-8-10-21-16-14(17)13-7-5-6-9-20(13)19-16/h5-7,9,11-12,15,18H,8,10,17H2,1-4H3. The van der Waals surface area contributed by atoms with Gasteiger partial charge in [-0.1, -0.05) is 33.8 Å². The molecule has 0 aromatic carbocycles. The Hall–Kier alpha value is -1.75. The topological polar surface area (TPSA) is 64.6 Å². The molecule has 0 saturated carbocycles. The van der Waals surface area contributed by atoms with Crippen LogP contribution in [0.4, 0.5) is 5.69 Å². The normalized spacial score (nSPS) is 12.0. The Bertz CT molecular complexity index is 569. The van der Waals surface area contributed by atoms with Crippen molar-refractivity contribution < 1.29 is 4.74 Å². The van der Waals surface area contributed by atoms with Crippen molar-refractivity contribution in [1.29, 1.82) is 0 Å². The van der Waals surface area contributed by atoms with Crippen molar-refractivity contribution in [3.05, 3.63) is 24.4 Å². The van der Waals surface area contributed by atoms with Crippen molar-refractivity contribution in [2.24, 2.45) is 11.8 Å². The van der Waals surface area contributed by atoms with Crippen molar-refractivity contribution in [2.75, 3.05) is 18.9 Å². The lowest BCUT2D eigenvalue weighted by Crippen LogP contribution is -2.40. The van der Waals surface area contributed by atoms with Gasteiger partial charge in [-0.25, -0.2) is 4.52 Å². The third-order valence-electron chi connectivity index (χ3n) is 3.70. The number of nitrogens with two attached hydrogens (primary N) is 1. The van der Waals surface area contributed by atoms with E-state index in [4.69, 9.17) is 10.5 Å². The number of hydrogen-bond acceptors (Lipinski definition) is 4. The van der Waals surface area contributed by atoms with E-state index in [1.807, 2.05) is 24.4 Å². The summed E-state index contributed by atoms with van der Waals surface area (Å²) >= 11 is 0. The lowest BCUT2D eigenvalue weighted by molar-refractivity contribution is 0.260. The van der Waals surface area contributed by atoms with Gasteiger partial charge < -0.3 is 15.8 Å². The average Bonchev–Trinajstić information content (AvgIpc) is 2.75. The number of fused-ring (bicyclic) bond motifs is 1. The Kier molecular flexibility index (Phi) is 5.07. The van der Waals surface area contributed by atoms with Gasteiger partial charge in [-0.15, -0.1) is 5.10 Å². The number of nitrogens with one attached hydrogen (secondary N) is 1. The van der Waals surface area contributed by atoms with E-state index in [0.717, 1.165) is 12.1 Å². The fourth-order valence-electron chi connectivity index (χ4n) is 2.72. The summed E-state index contributed by atoms with van der Waals surface area (Å²) in [4.78, 5) is 0. The van der Waals surface area contributed by atoms with Gasteiger partial charge in [0.05, 0.1) is 5.52 Å². The zero-order valence-electron chi connectivity index (χ0n) is 13.3. The molecule has 2 aromatic rings. The lowest BCUT2D eigenvalue weighted by Gasteiger charge is -2.26. The number of hydrogen-bond donors (Lipinski definition) is 2. The van der Waals surface area contributed by atoms with E-state index in [1.54, 1.807) is 4.52 Å². The molecule has 0 amide bonds. The molecule has 21 heavy (non-hydrogen) atoms. The summed E-state index contributed by atoms with van der Waals surface area (Å²) in [6, 6.07) is 6.28. The van der Waals surface area contributed by atoms with Crippen LogP contribution < -0.4 is 15.8 Å². The minimum Gasteiger partial charge on any atom is -0.474 e. The predicted molar refractivity (Wildman–Crippen MR) is 86.6 cm³/mol. The Balaban J connectivity index is 1.89. The first-order chi connectivity index (χ1) is 10.0. The average molecular weight is 290 g/mol. The molecule has 0 spiro atoms. The van der Waals surface area contributed by atoms with Crippen molar-refractivity contribution in [2.45, 2.75) is 33.7 Å². The summed E-state index contributed by atoms with van der Waals surface area (Å²) < 4.78 is 7.45.